The highest BCUT2D eigenvalue weighted by atomic mass is 32.2. The third-order valence-electron chi connectivity index (χ3n) is 2.25. The van der Waals surface area contributed by atoms with Crippen molar-refractivity contribution in [1.82, 2.24) is 5.32 Å². The minimum atomic E-state index is -1.01. The average Bonchev–Trinajstić information content (AvgIpc) is 2.37. The SMILES string of the molecule is Cc1ccccc1SCC(=O)NCCOCC(=O)O. The number of aryl methyl sites for hydroxylation is 1. The Balaban J connectivity index is 2.15. The number of benzene rings is 1. The Morgan fingerprint density at radius 2 is 2.11 bits per heavy atom. The van der Waals surface area contributed by atoms with E-state index in [9.17, 15) is 9.59 Å². The van der Waals surface area contributed by atoms with E-state index in [4.69, 9.17) is 9.84 Å². The number of amides is 1. The molecule has 0 saturated heterocycles. The molecule has 0 unspecified atom stereocenters. The summed E-state index contributed by atoms with van der Waals surface area (Å²) >= 11 is 1.48. The molecule has 0 saturated carbocycles. The van der Waals surface area contributed by atoms with Crippen LogP contribution in [0.4, 0.5) is 0 Å². The van der Waals surface area contributed by atoms with Crippen molar-refractivity contribution in [3.63, 3.8) is 0 Å². The number of nitrogens with one attached hydrogen (secondary N) is 1. The highest BCUT2D eigenvalue weighted by molar-refractivity contribution is 8.00. The number of hydrogen-bond acceptors (Lipinski definition) is 4. The number of thioether (sulfide) groups is 1. The molecular weight excluding hydrogens is 266 g/mol. The molecule has 0 spiro atoms. The maximum atomic E-state index is 11.5. The smallest absolute Gasteiger partial charge is 0.329 e. The number of ether oxygens (including phenoxy) is 1. The van der Waals surface area contributed by atoms with E-state index in [1.54, 1.807) is 0 Å². The molecule has 5 nitrogen and oxygen atoms in total. The molecule has 1 aromatic carbocycles. The van der Waals surface area contributed by atoms with Crippen LogP contribution in [0.25, 0.3) is 0 Å². The molecule has 1 rings (SSSR count). The van der Waals surface area contributed by atoms with Gasteiger partial charge in [-0.25, -0.2) is 4.79 Å². The maximum Gasteiger partial charge on any atom is 0.329 e. The third kappa shape index (κ3) is 6.83. The van der Waals surface area contributed by atoms with E-state index in [1.807, 2.05) is 31.2 Å². The van der Waals surface area contributed by atoms with Gasteiger partial charge in [0.15, 0.2) is 0 Å². The lowest BCUT2D eigenvalue weighted by Crippen LogP contribution is -2.29. The Bertz CT molecular complexity index is 436. The van der Waals surface area contributed by atoms with Crippen LogP contribution < -0.4 is 5.32 Å². The molecule has 0 atom stereocenters. The van der Waals surface area contributed by atoms with Crippen molar-refractivity contribution >= 4 is 23.6 Å². The number of carboxylic acid groups (broad SMARTS) is 1. The first kappa shape index (κ1) is 15.5. The minimum Gasteiger partial charge on any atom is -0.480 e. The lowest BCUT2D eigenvalue weighted by Gasteiger charge is -2.06. The van der Waals surface area contributed by atoms with Gasteiger partial charge in [0.1, 0.15) is 6.61 Å². The van der Waals surface area contributed by atoms with Gasteiger partial charge in [-0.2, -0.15) is 0 Å². The van der Waals surface area contributed by atoms with Crippen LogP contribution in [0.2, 0.25) is 0 Å². The van der Waals surface area contributed by atoms with Gasteiger partial charge >= 0.3 is 5.97 Å². The molecule has 104 valence electrons. The summed E-state index contributed by atoms with van der Waals surface area (Å²) in [6.45, 7) is 2.18. The molecule has 0 aliphatic heterocycles. The summed E-state index contributed by atoms with van der Waals surface area (Å²) in [5, 5.41) is 11.0. The molecule has 2 N–H and O–H groups in total. The lowest BCUT2D eigenvalue weighted by atomic mass is 10.2. The van der Waals surface area contributed by atoms with Crippen molar-refractivity contribution in [1.29, 1.82) is 0 Å². The van der Waals surface area contributed by atoms with Crippen LogP contribution in [0.5, 0.6) is 0 Å². The number of carbonyl (C=O) groups excluding carboxylic acids is 1. The number of rotatable bonds is 8. The van der Waals surface area contributed by atoms with Gasteiger partial charge in [-0.15, -0.1) is 11.8 Å². The Morgan fingerprint density at radius 1 is 1.37 bits per heavy atom. The fourth-order valence-electron chi connectivity index (χ4n) is 1.33. The summed E-state index contributed by atoms with van der Waals surface area (Å²) in [6.07, 6.45) is 0. The second kappa shape index (κ2) is 8.55. The second-order valence-corrected chi connectivity index (χ2v) is 4.87. The zero-order valence-corrected chi connectivity index (χ0v) is 11.5. The summed E-state index contributed by atoms with van der Waals surface area (Å²) < 4.78 is 4.81. The van der Waals surface area contributed by atoms with Crippen molar-refractivity contribution < 1.29 is 19.4 Å². The van der Waals surface area contributed by atoms with E-state index < -0.39 is 5.97 Å². The molecule has 0 heterocycles. The van der Waals surface area contributed by atoms with Crippen LogP contribution in [0.15, 0.2) is 29.2 Å². The first-order valence-corrected chi connectivity index (χ1v) is 6.83. The Labute approximate surface area is 116 Å². The third-order valence-corrected chi connectivity index (χ3v) is 3.42. The fourth-order valence-corrected chi connectivity index (χ4v) is 2.19. The van der Waals surface area contributed by atoms with Gasteiger partial charge < -0.3 is 15.2 Å². The fraction of sp³-hybridized carbons (Fsp3) is 0.385. The summed E-state index contributed by atoms with van der Waals surface area (Å²) in [4.78, 5) is 22.8. The maximum absolute atomic E-state index is 11.5. The first-order chi connectivity index (χ1) is 9.09. The molecule has 1 amide bonds. The molecule has 0 fully saturated rings. The average molecular weight is 283 g/mol. The zero-order chi connectivity index (χ0) is 14.1. The quantitative estimate of drug-likeness (QED) is 0.555. The van der Waals surface area contributed by atoms with E-state index in [0.29, 0.717) is 12.3 Å². The van der Waals surface area contributed by atoms with Crippen LogP contribution in [-0.2, 0) is 14.3 Å². The number of carboxylic acids is 1. The zero-order valence-electron chi connectivity index (χ0n) is 10.7. The van der Waals surface area contributed by atoms with Crippen LogP contribution in [0.3, 0.4) is 0 Å². The van der Waals surface area contributed by atoms with E-state index in [2.05, 4.69) is 5.32 Å². The topological polar surface area (TPSA) is 75.6 Å². The van der Waals surface area contributed by atoms with E-state index >= 15 is 0 Å². The Kier molecular flexibility index (Phi) is 6.99. The predicted octanol–water partition coefficient (Wildman–Crippen LogP) is 1.30. The Hall–Kier alpha value is -1.53. The van der Waals surface area contributed by atoms with Crippen LogP contribution in [0, 0.1) is 6.92 Å². The standard InChI is InChI=1S/C13H17NO4S/c1-10-4-2-3-5-11(10)19-9-12(15)14-6-7-18-8-13(16)17/h2-5H,6-9H2,1H3,(H,14,15)(H,16,17). The summed E-state index contributed by atoms with van der Waals surface area (Å²) in [5.41, 5.74) is 1.14. The molecule has 0 aliphatic rings. The largest absolute Gasteiger partial charge is 0.480 e. The number of carbonyl (C=O) groups is 2. The molecule has 0 aliphatic carbocycles. The van der Waals surface area contributed by atoms with E-state index in [0.717, 1.165) is 10.5 Å². The highest BCUT2D eigenvalue weighted by Gasteiger charge is 2.04. The number of aliphatic carboxylic acids is 1. The van der Waals surface area contributed by atoms with Gasteiger partial charge in [0.05, 0.1) is 12.4 Å². The van der Waals surface area contributed by atoms with Crippen LogP contribution >= 0.6 is 11.8 Å². The van der Waals surface area contributed by atoms with Gasteiger partial charge in [-0.05, 0) is 18.6 Å². The molecule has 0 aromatic heterocycles. The monoisotopic (exact) mass is 283 g/mol. The van der Waals surface area contributed by atoms with Crippen molar-refractivity contribution in [2.75, 3.05) is 25.5 Å². The molecule has 19 heavy (non-hydrogen) atoms. The van der Waals surface area contributed by atoms with Crippen molar-refractivity contribution in [3.8, 4) is 0 Å². The van der Waals surface area contributed by atoms with Crippen LogP contribution in [-0.4, -0.2) is 42.5 Å². The predicted molar refractivity (Wildman–Crippen MR) is 73.4 cm³/mol. The van der Waals surface area contributed by atoms with E-state index in [1.165, 1.54) is 11.8 Å². The normalized spacial score (nSPS) is 10.2. The van der Waals surface area contributed by atoms with Gasteiger partial charge in [0.2, 0.25) is 5.91 Å². The van der Waals surface area contributed by atoms with Crippen molar-refractivity contribution in [3.05, 3.63) is 29.8 Å². The molecule has 0 bridgehead atoms. The van der Waals surface area contributed by atoms with Crippen LogP contribution in [0.1, 0.15) is 5.56 Å². The number of hydrogen-bond donors (Lipinski definition) is 2. The van der Waals surface area contributed by atoms with Crippen molar-refractivity contribution in [2.24, 2.45) is 0 Å². The minimum absolute atomic E-state index is 0.0906. The molecule has 6 heteroatoms. The molecule has 1 aromatic rings. The lowest BCUT2D eigenvalue weighted by molar-refractivity contribution is -0.142. The van der Waals surface area contributed by atoms with E-state index in [-0.39, 0.29) is 19.1 Å². The van der Waals surface area contributed by atoms with Gasteiger partial charge in [0, 0.05) is 11.4 Å². The highest BCUT2D eigenvalue weighted by Crippen LogP contribution is 2.21. The second-order valence-electron chi connectivity index (χ2n) is 3.85. The van der Waals surface area contributed by atoms with Gasteiger partial charge in [0.25, 0.3) is 0 Å². The first-order valence-electron chi connectivity index (χ1n) is 5.84. The summed E-state index contributed by atoms with van der Waals surface area (Å²) in [7, 11) is 0. The Morgan fingerprint density at radius 3 is 2.79 bits per heavy atom. The summed E-state index contributed by atoms with van der Waals surface area (Å²) in [6, 6.07) is 7.87. The molecular formula is C13H17NO4S. The van der Waals surface area contributed by atoms with Crippen molar-refractivity contribution in [2.45, 2.75) is 11.8 Å². The summed E-state index contributed by atoms with van der Waals surface area (Å²) in [5.74, 6) is -0.766. The molecule has 0 radical (unpaired) electrons. The van der Waals surface area contributed by atoms with Gasteiger partial charge in [-0.3, -0.25) is 4.79 Å². The van der Waals surface area contributed by atoms with Gasteiger partial charge in [-0.1, -0.05) is 18.2 Å².